The fourth-order valence-corrected chi connectivity index (χ4v) is 4.92. The first-order chi connectivity index (χ1) is 12.9. The first kappa shape index (κ1) is 18.4. The van der Waals surface area contributed by atoms with E-state index in [1.165, 1.54) is 16.0 Å². The van der Waals surface area contributed by atoms with Crippen molar-refractivity contribution in [3.63, 3.8) is 0 Å². The van der Waals surface area contributed by atoms with Crippen molar-refractivity contribution in [1.82, 2.24) is 10.3 Å². The van der Waals surface area contributed by atoms with Crippen molar-refractivity contribution in [3.8, 4) is 0 Å². The minimum absolute atomic E-state index is 0.0730. The number of hydrogen-bond donors (Lipinski definition) is 1. The summed E-state index contributed by atoms with van der Waals surface area (Å²) in [4.78, 5) is 20.7. The molecule has 4 rings (SSSR count). The highest BCUT2D eigenvalue weighted by molar-refractivity contribution is 7.15. The van der Waals surface area contributed by atoms with Crippen molar-refractivity contribution >= 4 is 22.4 Å². The molecule has 144 valence electrons. The number of aromatic nitrogens is 1. The number of fused-ring (bicyclic) bond motifs is 1. The number of benzene rings is 1. The normalized spacial score (nSPS) is 20.8. The Morgan fingerprint density at radius 2 is 1.89 bits per heavy atom. The third-order valence-electron chi connectivity index (χ3n) is 5.34. The highest BCUT2D eigenvalue weighted by Crippen LogP contribution is 2.40. The molecule has 1 fully saturated rings. The van der Waals surface area contributed by atoms with Crippen LogP contribution < -0.4 is 10.2 Å². The van der Waals surface area contributed by atoms with Gasteiger partial charge in [-0.05, 0) is 16.5 Å². The molecule has 6 heteroatoms. The number of ether oxygens (including phenoxy) is 1. The molecular formula is C21H27N3O2S. The van der Waals surface area contributed by atoms with E-state index >= 15 is 0 Å². The van der Waals surface area contributed by atoms with Gasteiger partial charge in [0.2, 0.25) is 5.91 Å². The summed E-state index contributed by atoms with van der Waals surface area (Å²) in [6, 6.07) is 8.76. The number of rotatable bonds is 2. The Hall–Kier alpha value is -1.92. The fourth-order valence-electron chi connectivity index (χ4n) is 3.66. The number of carbonyl (C=O) groups is 1. The van der Waals surface area contributed by atoms with E-state index in [-0.39, 0.29) is 17.2 Å². The molecule has 3 heterocycles. The maximum absolute atomic E-state index is 12.3. The lowest BCUT2D eigenvalue weighted by atomic mass is 9.85. The summed E-state index contributed by atoms with van der Waals surface area (Å²) in [6.07, 6.45) is 0.479. The van der Waals surface area contributed by atoms with Gasteiger partial charge in [-0.15, -0.1) is 11.3 Å². The summed E-state index contributed by atoms with van der Waals surface area (Å²) in [6.45, 7) is 10.4. The average molecular weight is 386 g/mol. The second-order valence-corrected chi connectivity index (χ2v) is 9.32. The smallest absolute Gasteiger partial charge is 0.221 e. The first-order valence-electron chi connectivity index (χ1n) is 9.61. The van der Waals surface area contributed by atoms with Gasteiger partial charge in [-0.1, -0.05) is 45.0 Å². The maximum atomic E-state index is 12.3. The van der Waals surface area contributed by atoms with Crippen LogP contribution in [0.15, 0.2) is 24.3 Å². The molecule has 0 radical (unpaired) electrons. The molecule has 2 aliphatic rings. The lowest BCUT2D eigenvalue weighted by Gasteiger charge is -2.26. The van der Waals surface area contributed by atoms with E-state index in [4.69, 9.17) is 9.72 Å². The van der Waals surface area contributed by atoms with Crippen molar-refractivity contribution in [2.24, 2.45) is 0 Å². The van der Waals surface area contributed by atoms with Crippen molar-refractivity contribution in [1.29, 1.82) is 0 Å². The van der Waals surface area contributed by atoms with Crippen LogP contribution in [0.5, 0.6) is 0 Å². The van der Waals surface area contributed by atoms with E-state index in [0.717, 1.165) is 37.1 Å². The summed E-state index contributed by atoms with van der Waals surface area (Å²) in [5, 5.41) is 4.07. The van der Waals surface area contributed by atoms with E-state index in [9.17, 15) is 4.79 Å². The predicted octanol–water partition coefficient (Wildman–Crippen LogP) is 3.43. The summed E-state index contributed by atoms with van der Waals surface area (Å²) < 4.78 is 5.46. The van der Waals surface area contributed by atoms with Gasteiger partial charge in [-0.2, -0.15) is 0 Å². The number of nitrogens with zero attached hydrogens (tertiary/aromatic N) is 2. The lowest BCUT2D eigenvalue weighted by Crippen LogP contribution is -2.36. The van der Waals surface area contributed by atoms with Crippen LogP contribution in [0.25, 0.3) is 0 Å². The topological polar surface area (TPSA) is 54.5 Å². The quantitative estimate of drug-likeness (QED) is 0.861. The summed E-state index contributed by atoms with van der Waals surface area (Å²) in [5.74, 6) is 0.168. The fraction of sp³-hybridized carbons (Fsp3) is 0.524. The Morgan fingerprint density at radius 3 is 2.56 bits per heavy atom. The van der Waals surface area contributed by atoms with Gasteiger partial charge in [-0.25, -0.2) is 4.98 Å². The summed E-state index contributed by atoms with van der Waals surface area (Å²) in [5.41, 5.74) is 3.64. The molecule has 0 aliphatic carbocycles. The second kappa shape index (κ2) is 7.24. The van der Waals surface area contributed by atoms with E-state index in [2.05, 4.69) is 55.3 Å². The van der Waals surface area contributed by atoms with Gasteiger partial charge in [0.25, 0.3) is 0 Å². The summed E-state index contributed by atoms with van der Waals surface area (Å²) in [7, 11) is 0. The number of amides is 1. The first-order valence-corrected chi connectivity index (χ1v) is 10.4. The standard InChI is InChI=1S/C21H27N3O2S/c1-21(2,3)15-6-4-14(5-7-15)16-12-18(25)22-13-17-19(16)27-20(23-17)24-8-10-26-11-9-24/h4-7,16H,8-13H2,1-3H3,(H,22,25)/t16-/m1/s1. The molecule has 1 saturated heterocycles. The minimum atomic E-state index is 0.0730. The molecule has 2 aliphatic heterocycles. The maximum Gasteiger partial charge on any atom is 0.221 e. The van der Waals surface area contributed by atoms with Gasteiger partial charge in [0.15, 0.2) is 5.13 Å². The number of hydrogen-bond acceptors (Lipinski definition) is 5. The number of anilines is 1. The van der Waals surface area contributed by atoms with Gasteiger partial charge in [0.1, 0.15) is 0 Å². The van der Waals surface area contributed by atoms with Crippen LogP contribution in [0.4, 0.5) is 5.13 Å². The lowest BCUT2D eigenvalue weighted by molar-refractivity contribution is -0.121. The molecule has 1 N–H and O–H groups in total. The minimum Gasteiger partial charge on any atom is -0.378 e. The third-order valence-corrected chi connectivity index (χ3v) is 6.61. The molecule has 1 aromatic heterocycles. The van der Waals surface area contributed by atoms with E-state index < -0.39 is 0 Å². The molecule has 0 spiro atoms. The number of thiazole rings is 1. The van der Waals surface area contributed by atoms with Crippen LogP contribution >= 0.6 is 11.3 Å². The Bertz CT molecular complexity index is 817. The van der Waals surface area contributed by atoms with Crippen molar-refractivity contribution in [2.45, 2.75) is 45.1 Å². The van der Waals surface area contributed by atoms with Crippen LogP contribution in [0, 0.1) is 0 Å². The monoisotopic (exact) mass is 385 g/mol. The van der Waals surface area contributed by atoms with Crippen LogP contribution in [0.1, 0.15) is 54.8 Å². The van der Waals surface area contributed by atoms with Crippen molar-refractivity contribution in [3.05, 3.63) is 46.0 Å². The van der Waals surface area contributed by atoms with Gasteiger partial charge in [-0.3, -0.25) is 4.79 Å². The van der Waals surface area contributed by atoms with Crippen LogP contribution in [-0.4, -0.2) is 37.2 Å². The highest BCUT2D eigenvalue weighted by Gasteiger charge is 2.29. The van der Waals surface area contributed by atoms with Crippen LogP contribution in [0.2, 0.25) is 0 Å². The molecule has 5 nitrogen and oxygen atoms in total. The third kappa shape index (κ3) is 3.87. The molecule has 1 aromatic carbocycles. The van der Waals surface area contributed by atoms with Gasteiger partial charge >= 0.3 is 0 Å². The molecule has 0 saturated carbocycles. The number of carbonyl (C=O) groups excluding carboxylic acids is 1. The van der Waals surface area contributed by atoms with Crippen LogP contribution in [0.3, 0.4) is 0 Å². The van der Waals surface area contributed by atoms with Gasteiger partial charge in [0, 0.05) is 30.3 Å². The molecule has 0 unspecified atom stereocenters. The van der Waals surface area contributed by atoms with Crippen LogP contribution in [-0.2, 0) is 21.5 Å². The van der Waals surface area contributed by atoms with Gasteiger partial charge < -0.3 is 15.0 Å². The molecule has 2 aromatic rings. The average Bonchev–Trinajstić information content (AvgIpc) is 3.02. The van der Waals surface area contributed by atoms with E-state index in [1.807, 2.05) is 0 Å². The number of nitrogens with one attached hydrogen (secondary N) is 1. The molecule has 0 bridgehead atoms. The Kier molecular flexibility index (Phi) is 4.95. The zero-order chi connectivity index (χ0) is 19.0. The predicted molar refractivity (Wildman–Crippen MR) is 109 cm³/mol. The largest absolute Gasteiger partial charge is 0.378 e. The highest BCUT2D eigenvalue weighted by atomic mass is 32.1. The van der Waals surface area contributed by atoms with Gasteiger partial charge in [0.05, 0.1) is 25.5 Å². The second-order valence-electron chi connectivity index (χ2n) is 8.31. The van der Waals surface area contributed by atoms with Crippen molar-refractivity contribution < 1.29 is 9.53 Å². The Labute approximate surface area is 164 Å². The SMILES string of the molecule is CC(C)(C)c1ccc([C@H]2CC(=O)NCc3nc(N4CCOCC4)sc32)cc1. The summed E-state index contributed by atoms with van der Waals surface area (Å²) >= 11 is 1.74. The molecule has 27 heavy (non-hydrogen) atoms. The van der Waals surface area contributed by atoms with E-state index in [0.29, 0.717) is 13.0 Å². The van der Waals surface area contributed by atoms with E-state index in [1.54, 1.807) is 11.3 Å². The molecule has 1 atom stereocenters. The molecule has 1 amide bonds. The zero-order valence-electron chi connectivity index (χ0n) is 16.2. The Morgan fingerprint density at radius 1 is 1.19 bits per heavy atom. The van der Waals surface area contributed by atoms with Crippen molar-refractivity contribution in [2.75, 3.05) is 31.2 Å². The number of morpholine rings is 1. The molecular weight excluding hydrogens is 358 g/mol. The Balaban J connectivity index is 1.68. The zero-order valence-corrected chi connectivity index (χ0v) is 17.1.